The SMILES string of the molecule is C=CCN(C)S(=O)(=O)c1ccc(NC(=O)NCCc2coc(-c3ccc(OC)cc3)n2)cc1. The van der Waals surface area contributed by atoms with E-state index >= 15 is 0 Å². The van der Waals surface area contributed by atoms with Gasteiger partial charge in [-0.15, -0.1) is 6.58 Å². The van der Waals surface area contributed by atoms with Crippen LogP contribution in [0.15, 0.2) is 76.8 Å². The summed E-state index contributed by atoms with van der Waals surface area (Å²) >= 11 is 0. The van der Waals surface area contributed by atoms with E-state index in [0.717, 1.165) is 11.3 Å². The van der Waals surface area contributed by atoms with Gasteiger partial charge in [0.05, 0.1) is 17.7 Å². The lowest BCUT2D eigenvalue weighted by Crippen LogP contribution is -2.30. The molecule has 2 amide bonds. The fraction of sp³-hybridized carbons (Fsp3) is 0.217. The summed E-state index contributed by atoms with van der Waals surface area (Å²) in [6.07, 6.45) is 3.55. The standard InChI is InChI=1S/C23H26N4O5S/c1-4-15-27(2)33(29,30)21-11-7-18(8-12-21)26-23(28)24-14-13-19-16-32-22(25-19)17-5-9-20(31-3)10-6-17/h4-12,16H,1,13-15H2,2-3H3,(H2,24,26,28). The number of benzene rings is 2. The van der Waals surface area contributed by atoms with Crippen LogP contribution in [0, 0.1) is 0 Å². The Morgan fingerprint density at radius 3 is 2.52 bits per heavy atom. The zero-order chi connectivity index (χ0) is 23.8. The molecule has 0 radical (unpaired) electrons. The minimum atomic E-state index is -3.60. The molecule has 0 bridgehead atoms. The summed E-state index contributed by atoms with van der Waals surface area (Å²) in [5, 5.41) is 5.41. The maximum Gasteiger partial charge on any atom is 0.319 e. The molecule has 0 saturated heterocycles. The van der Waals surface area contributed by atoms with Crippen molar-refractivity contribution >= 4 is 21.7 Å². The number of anilines is 1. The number of aromatic nitrogens is 1. The van der Waals surface area contributed by atoms with Crippen molar-refractivity contribution in [3.05, 3.63) is 73.1 Å². The summed E-state index contributed by atoms with van der Waals surface area (Å²) in [7, 11) is -0.521. The predicted molar refractivity (Wildman–Crippen MR) is 126 cm³/mol. The van der Waals surface area contributed by atoms with Crippen molar-refractivity contribution in [3.8, 4) is 17.2 Å². The molecule has 3 aromatic rings. The lowest BCUT2D eigenvalue weighted by atomic mass is 10.2. The molecule has 0 aliphatic heterocycles. The van der Waals surface area contributed by atoms with Crippen molar-refractivity contribution in [1.29, 1.82) is 0 Å². The van der Waals surface area contributed by atoms with Gasteiger partial charge in [0.15, 0.2) is 0 Å². The Balaban J connectivity index is 1.49. The van der Waals surface area contributed by atoms with E-state index in [-0.39, 0.29) is 11.4 Å². The number of methoxy groups -OCH3 is 1. The zero-order valence-electron chi connectivity index (χ0n) is 18.4. The van der Waals surface area contributed by atoms with Crippen LogP contribution in [-0.2, 0) is 16.4 Å². The molecule has 0 aliphatic rings. The topological polar surface area (TPSA) is 114 Å². The van der Waals surface area contributed by atoms with E-state index in [2.05, 4.69) is 22.2 Å². The molecule has 2 N–H and O–H groups in total. The minimum Gasteiger partial charge on any atom is -0.497 e. The molecule has 10 heteroatoms. The van der Waals surface area contributed by atoms with Crippen LogP contribution in [0.2, 0.25) is 0 Å². The quantitative estimate of drug-likeness (QED) is 0.438. The number of carbonyl (C=O) groups is 1. The average molecular weight is 471 g/mol. The third kappa shape index (κ3) is 6.21. The van der Waals surface area contributed by atoms with Crippen LogP contribution in [0.4, 0.5) is 10.5 Å². The molecule has 3 rings (SSSR count). The lowest BCUT2D eigenvalue weighted by molar-refractivity contribution is 0.252. The lowest BCUT2D eigenvalue weighted by Gasteiger charge is -2.15. The molecule has 1 aromatic heterocycles. The Bertz CT molecular complexity index is 1190. The van der Waals surface area contributed by atoms with E-state index in [9.17, 15) is 13.2 Å². The molecule has 0 saturated carbocycles. The van der Waals surface area contributed by atoms with Gasteiger partial charge in [-0.1, -0.05) is 6.08 Å². The Hall–Kier alpha value is -3.63. The number of likely N-dealkylation sites (N-methyl/N-ethyl adjacent to an activating group) is 1. The Morgan fingerprint density at radius 2 is 1.88 bits per heavy atom. The van der Waals surface area contributed by atoms with E-state index in [1.54, 1.807) is 13.4 Å². The first-order valence-electron chi connectivity index (χ1n) is 10.1. The van der Waals surface area contributed by atoms with E-state index in [0.29, 0.717) is 30.2 Å². The maximum atomic E-state index is 12.4. The molecular formula is C23H26N4O5S. The molecule has 0 aliphatic carbocycles. The van der Waals surface area contributed by atoms with Crippen LogP contribution in [-0.4, -0.2) is 51.0 Å². The van der Waals surface area contributed by atoms with Gasteiger partial charge in [-0.2, -0.15) is 4.31 Å². The van der Waals surface area contributed by atoms with Crippen molar-refractivity contribution in [2.75, 3.05) is 32.6 Å². The molecule has 174 valence electrons. The average Bonchev–Trinajstić information content (AvgIpc) is 3.28. The van der Waals surface area contributed by atoms with Crippen molar-refractivity contribution in [1.82, 2.24) is 14.6 Å². The second kappa shape index (κ2) is 10.8. The highest BCUT2D eigenvalue weighted by molar-refractivity contribution is 7.89. The monoisotopic (exact) mass is 470 g/mol. The summed E-state index contributed by atoms with van der Waals surface area (Å²) in [4.78, 5) is 16.7. The van der Waals surface area contributed by atoms with E-state index in [1.807, 2.05) is 24.3 Å². The maximum absolute atomic E-state index is 12.4. The molecular weight excluding hydrogens is 444 g/mol. The summed E-state index contributed by atoms with van der Waals surface area (Å²) in [5.41, 5.74) is 2.01. The first kappa shape index (κ1) is 24.0. The van der Waals surface area contributed by atoms with E-state index in [4.69, 9.17) is 9.15 Å². The number of nitrogens with one attached hydrogen (secondary N) is 2. The summed E-state index contributed by atoms with van der Waals surface area (Å²) < 4.78 is 36.7. The van der Waals surface area contributed by atoms with E-state index < -0.39 is 16.1 Å². The van der Waals surface area contributed by atoms with Gasteiger partial charge in [-0.05, 0) is 48.5 Å². The number of carbonyl (C=O) groups excluding carboxylic acids is 1. The van der Waals surface area contributed by atoms with Gasteiger partial charge in [-0.25, -0.2) is 18.2 Å². The van der Waals surface area contributed by atoms with Gasteiger partial charge in [0.2, 0.25) is 15.9 Å². The summed E-state index contributed by atoms with van der Waals surface area (Å²) in [5.74, 6) is 1.24. The highest BCUT2D eigenvalue weighted by atomic mass is 32.2. The van der Waals surface area contributed by atoms with Crippen molar-refractivity contribution in [2.45, 2.75) is 11.3 Å². The van der Waals surface area contributed by atoms with Crippen LogP contribution in [0.5, 0.6) is 5.75 Å². The van der Waals surface area contributed by atoms with Crippen LogP contribution < -0.4 is 15.4 Å². The number of rotatable bonds is 10. The van der Waals surface area contributed by atoms with Crippen molar-refractivity contribution < 1.29 is 22.4 Å². The molecule has 9 nitrogen and oxygen atoms in total. The van der Waals surface area contributed by atoms with Gasteiger partial charge >= 0.3 is 6.03 Å². The number of amides is 2. The Kier molecular flexibility index (Phi) is 7.86. The summed E-state index contributed by atoms with van der Waals surface area (Å²) in [6.45, 7) is 4.10. The molecule has 33 heavy (non-hydrogen) atoms. The van der Waals surface area contributed by atoms with Crippen LogP contribution >= 0.6 is 0 Å². The van der Waals surface area contributed by atoms with Crippen LogP contribution in [0.25, 0.3) is 11.5 Å². The largest absolute Gasteiger partial charge is 0.497 e. The Morgan fingerprint density at radius 1 is 1.18 bits per heavy atom. The second-order valence-electron chi connectivity index (χ2n) is 7.10. The van der Waals surface area contributed by atoms with Gasteiger partial charge in [0.25, 0.3) is 0 Å². The molecule has 0 unspecified atom stereocenters. The minimum absolute atomic E-state index is 0.136. The molecule has 2 aromatic carbocycles. The highest BCUT2D eigenvalue weighted by Crippen LogP contribution is 2.22. The highest BCUT2D eigenvalue weighted by Gasteiger charge is 2.19. The zero-order valence-corrected chi connectivity index (χ0v) is 19.3. The van der Waals surface area contributed by atoms with E-state index in [1.165, 1.54) is 41.7 Å². The third-order valence-electron chi connectivity index (χ3n) is 4.76. The molecule has 0 fully saturated rings. The second-order valence-corrected chi connectivity index (χ2v) is 9.15. The number of ether oxygens (including phenoxy) is 1. The van der Waals surface area contributed by atoms with Gasteiger partial charge in [-0.3, -0.25) is 0 Å². The number of sulfonamides is 1. The molecule has 0 atom stereocenters. The number of nitrogens with zero attached hydrogens (tertiary/aromatic N) is 2. The number of hydrogen-bond donors (Lipinski definition) is 2. The third-order valence-corrected chi connectivity index (χ3v) is 6.60. The van der Waals surface area contributed by atoms with Crippen LogP contribution in [0.3, 0.4) is 0 Å². The number of oxazole rings is 1. The fourth-order valence-corrected chi connectivity index (χ4v) is 4.08. The molecule has 1 heterocycles. The van der Waals surface area contributed by atoms with Gasteiger partial charge in [0.1, 0.15) is 12.0 Å². The predicted octanol–water partition coefficient (Wildman–Crippen LogP) is 3.52. The first-order valence-corrected chi connectivity index (χ1v) is 11.6. The van der Waals surface area contributed by atoms with Crippen molar-refractivity contribution in [2.24, 2.45) is 0 Å². The molecule has 0 spiro atoms. The number of urea groups is 1. The smallest absolute Gasteiger partial charge is 0.319 e. The van der Waals surface area contributed by atoms with Crippen LogP contribution in [0.1, 0.15) is 5.69 Å². The Labute approximate surface area is 193 Å². The van der Waals surface area contributed by atoms with Gasteiger partial charge in [0, 0.05) is 37.8 Å². The first-order chi connectivity index (χ1) is 15.8. The number of hydrogen-bond acceptors (Lipinski definition) is 6. The fourth-order valence-electron chi connectivity index (χ4n) is 2.94. The van der Waals surface area contributed by atoms with Crippen molar-refractivity contribution in [3.63, 3.8) is 0 Å². The summed E-state index contributed by atoms with van der Waals surface area (Å²) in [6, 6.07) is 12.9. The van der Waals surface area contributed by atoms with Gasteiger partial charge < -0.3 is 19.8 Å². The normalized spacial score (nSPS) is 11.2.